The van der Waals surface area contributed by atoms with Gasteiger partial charge in [0.15, 0.2) is 18.2 Å². The molecule has 0 aliphatic heterocycles. The van der Waals surface area contributed by atoms with Crippen LogP contribution in [0.25, 0.3) is 22.4 Å². The quantitative estimate of drug-likeness (QED) is 0.536. The number of amides is 1. The third kappa shape index (κ3) is 3.83. The molecular weight excluding hydrogens is 364 g/mol. The molecule has 1 heterocycles. The van der Waals surface area contributed by atoms with Crippen LogP contribution in [0, 0.1) is 11.6 Å². The van der Waals surface area contributed by atoms with Crippen molar-refractivity contribution in [3.8, 4) is 17.1 Å². The Hall–Kier alpha value is -3.74. The maximum absolute atomic E-state index is 13.5. The fraction of sp³-hybridized carbons (Fsp3) is 0.0476. The Kier molecular flexibility index (Phi) is 4.72. The molecule has 7 heteroatoms. The highest BCUT2D eigenvalue weighted by Gasteiger charge is 2.09. The van der Waals surface area contributed by atoms with Crippen molar-refractivity contribution in [2.24, 2.45) is 0 Å². The number of benzene rings is 3. The van der Waals surface area contributed by atoms with Gasteiger partial charge in [0.25, 0.3) is 5.91 Å². The lowest BCUT2D eigenvalue weighted by atomic mass is 10.2. The summed E-state index contributed by atoms with van der Waals surface area (Å²) in [6.07, 6.45) is 0. The molecule has 2 N–H and O–H groups in total. The molecule has 0 saturated heterocycles. The molecule has 0 fully saturated rings. The first-order valence-corrected chi connectivity index (χ1v) is 8.51. The number of para-hydroxylation sites is 2. The molecule has 28 heavy (non-hydrogen) atoms. The standard InChI is InChI=1S/C21H15F2N3O2/c22-14-7-10-19(16(23)11-14)28-12-20(27)24-15-8-5-13(6-9-15)21-25-17-3-1-2-4-18(17)26-21/h1-11H,12H2,(H,24,27)(H,25,26). The van der Waals surface area contributed by atoms with Gasteiger partial charge in [-0.15, -0.1) is 0 Å². The molecule has 0 atom stereocenters. The third-order valence-corrected chi connectivity index (χ3v) is 4.08. The SMILES string of the molecule is O=C(COc1ccc(F)cc1F)Nc1ccc(-c2nc3ccccc3[nH]2)cc1. The fourth-order valence-electron chi connectivity index (χ4n) is 2.73. The second-order valence-corrected chi connectivity index (χ2v) is 6.09. The summed E-state index contributed by atoms with van der Waals surface area (Å²) in [4.78, 5) is 19.8. The number of hydrogen-bond donors (Lipinski definition) is 2. The fourth-order valence-corrected chi connectivity index (χ4v) is 2.73. The van der Waals surface area contributed by atoms with E-state index in [0.29, 0.717) is 11.8 Å². The number of halogens is 2. The molecular formula is C21H15F2N3O2. The zero-order valence-electron chi connectivity index (χ0n) is 14.6. The van der Waals surface area contributed by atoms with Crippen molar-refractivity contribution in [3.05, 3.63) is 78.4 Å². The molecule has 0 unspecified atom stereocenters. The van der Waals surface area contributed by atoms with Crippen LogP contribution in [0.1, 0.15) is 0 Å². The number of nitrogens with one attached hydrogen (secondary N) is 2. The Bertz CT molecular complexity index is 1110. The normalized spacial score (nSPS) is 10.8. The average molecular weight is 379 g/mol. The molecule has 0 aliphatic carbocycles. The van der Waals surface area contributed by atoms with Crippen LogP contribution in [-0.2, 0) is 4.79 Å². The van der Waals surface area contributed by atoms with Crippen LogP contribution in [-0.4, -0.2) is 22.5 Å². The number of rotatable bonds is 5. The Balaban J connectivity index is 1.39. The van der Waals surface area contributed by atoms with Crippen LogP contribution in [0.2, 0.25) is 0 Å². The maximum Gasteiger partial charge on any atom is 0.262 e. The Morgan fingerprint density at radius 1 is 1.04 bits per heavy atom. The minimum Gasteiger partial charge on any atom is -0.481 e. The first kappa shape index (κ1) is 17.7. The number of ether oxygens (including phenoxy) is 1. The van der Waals surface area contributed by atoms with Gasteiger partial charge in [-0.1, -0.05) is 12.1 Å². The van der Waals surface area contributed by atoms with Crippen LogP contribution in [0.5, 0.6) is 5.75 Å². The van der Waals surface area contributed by atoms with Crippen molar-refractivity contribution in [2.45, 2.75) is 0 Å². The molecule has 4 rings (SSSR count). The van der Waals surface area contributed by atoms with E-state index in [9.17, 15) is 13.6 Å². The van der Waals surface area contributed by atoms with Crippen LogP contribution < -0.4 is 10.1 Å². The van der Waals surface area contributed by atoms with Crippen LogP contribution in [0.4, 0.5) is 14.5 Å². The van der Waals surface area contributed by atoms with Crippen molar-refractivity contribution in [1.29, 1.82) is 0 Å². The molecule has 0 radical (unpaired) electrons. The molecule has 3 aromatic carbocycles. The number of imidazole rings is 1. The number of aromatic nitrogens is 2. The first-order chi connectivity index (χ1) is 13.6. The molecule has 5 nitrogen and oxygen atoms in total. The number of H-pyrrole nitrogens is 1. The van der Waals surface area contributed by atoms with E-state index in [1.54, 1.807) is 12.1 Å². The highest BCUT2D eigenvalue weighted by atomic mass is 19.1. The number of nitrogens with zero attached hydrogens (tertiary/aromatic N) is 1. The van der Waals surface area contributed by atoms with E-state index in [-0.39, 0.29) is 5.75 Å². The van der Waals surface area contributed by atoms with E-state index < -0.39 is 24.1 Å². The zero-order chi connectivity index (χ0) is 19.5. The van der Waals surface area contributed by atoms with E-state index in [2.05, 4.69) is 15.3 Å². The van der Waals surface area contributed by atoms with Gasteiger partial charge in [0.05, 0.1) is 11.0 Å². The predicted octanol–water partition coefficient (Wildman–Crippen LogP) is 4.53. The minimum atomic E-state index is -0.858. The summed E-state index contributed by atoms with van der Waals surface area (Å²) in [6, 6.07) is 17.8. The van der Waals surface area contributed by atoms with Crippen LogP contribution >= 0.6 is 0 Å². The van der Waals surface area contributed by atoms with E-state index in [1.807, 2.05) is 36.4 Å². The summed E-state index contributed by atoms with van der Waals surface area (Å²) in [6.45, 7) is -0.395. The van der Waals surface area contributed by atoms with Crippen molar-refractivity contribution in [3.63, 3.8) is 0 Å². The molecule has 0 bridgehead atoms. The van der Waals surface area contributed by atoms with Gasteiger partial charge in [-0.05, 0) is 48.5 Å². The summed E-state index contributed by atoms with van der Waals surface area (Å²) in [5.41, 5.74) is 3.26. The van der Waals surface area contributed by atoms with Gasteiger partial charge in [-0.3, -0.25) is 4.79 Å². The van der Waals surface area contributed by atoms with Gasteiger partial charge in [0.2, 0.25) is 0 Å². The summed E-state index contributed by atoms with van der Waals surface area (Å²) in [5, 5.41) is 2.66. The summed E-state index contributed by atoms with van der Waals surface area (Å²) in [7, 11) is 0. The topological polar surface area (TPSA) is 67.0 Å². The number of hydrogen-bond acceptors (Lipinski definition) is 3. The lowest BCUT2D eigenvalue weighted by molar-refractivity contribution is -0.118. The van der Waals surface area contributed by atoms with Crippen LogP contribution in [0.15, 0.2) is 66.7 Å². The molecule has 1 aromatic heterocycles. The molecule has 0 spiro atoms. The first-order valence-electron chi connectivity index (χ1n) is 8.51. The van der Waals surface area contributed by atoms with E-state index in [1.165, 1.54) is 0 Å². The predicted molar refractivity (Wildman–Crippen MR) is 102 cm³/mol. The summed E-state index contributed by atoms with van der Waals surface area (Å²) >= 11 is 0. The Labute approximate surface area is 159 Å². The zero-order valence-corrected chi connectivity index (χ0v) is 14.6. The third-order valence-electron chi connectivity index (χ3n) is 4.08. The Morgan fingerprint density at radius 2 is 1.82 bits per heavy atom. The largest absolute Gasteiger partial charge is 0.481 e. The van der Waals surface area contributed by atoms with E-state index >= 15 is 0 Å². The van der Waals surface area contributed by atoms with Crippen molar-refractivity contribution >= 4 is 22.6 Å². The minimum absolute atomic E-state index is 0.184. The highest BCUT2D eigenvalue weighted by molar-refractivity contribution is 5.92. The second kappa shape index (κ2) is 7.48. The number of fused-ring (bicyclic) bond motifs is 1. The molecule has 0 aliphatic rings. The molecule has 140 valence electrons. The van der Waals surface area contributed by atoms with E-state index in [0.717, 1.165) is 34.6 Å². The van der Waals surface area contributed by atoms with Gasteiger partial charge in [-0.2, -0.15) is 0 Å². The van der Waals surface area contributed by atoms with Crippen molar-refractivity contribution < 1.29 is 18.3 Å². The van der Waals surface area contributed by atoms with Gasteiger partial charge >= 0.3 is 0 Å². The number of aromatic amines is 1. The number of carbonyl (C=O) groups is 1. The summed E-state index contributed by atoms with van der Waals surface area (Å²) in [5.74, 6) is -1.48. The van der Waals surface area contributed by atoms with Gasteiger partial charge < -0.3 is 15.0 Å². The molecule has 0 saturated carbocycles. The van der Waals surface area contributed by atoms with Crippen molar-refractivity contribution in [1.82, 2.24) is 9.97 Å². The lowest BCUT2D eigenvalue weighted by Crippen LogP contribution is -2.20. The van der Waals surface area contributed by atoms with Crippen LogP contribution in [0.3, 0.4) is 0 Å². The van der Waals surface area contributed by atoms with Gasteiger partial charge in [-0.25, -0.2) is 13.8 Å². The highest BCUT2D eigenvalue weighted by Crippen LogP contribution is 2.22. The van der Waals surface area contributed by atoms with Gasteiger partial charge in [0.1, 0.15) is 11.6 Å². The smallest absolute Gasteiger partial charge is 0.262 e. The molecule has 1 amide bonds. The van der Waals surface area contributed by atoms with E-state index in [4.69, 9.17) is 4.74 Å². The lowest BCUT2D eigenvalue weighted by Gasteiger charge is -2.08. The summed E-state index contributed by atoms with van der Waals surface area (Å²) < 4.78 is 31.5. The van der Waals surface area contributed by atoms with Crippen molar-refractivity contribution in [2.75, 3.05) is 11.9 Å². The average Bonchev–Trinajstić information content (AvgIpc) is 3.12. The Morgan fingerprint density at radius 3 is 2.57 bits per heavy atom. The maximum atomic E-state index is 13.5. The number of anilines is 1. The monoisotopic (exact) mass is 379 g/mol. The molecule has 4 aromatic rings. The van der Waals surface area contributed by atoms with Gasteiger partial charge in [0, 0.05) is 17.3 Å². The second-order valence-electron chi connectivity index (χ2n) is 6.09. The number of carbonyl (C=O) groups excluding carboxylic acids is 1.